The van der Waals surface area contributed by atoms with Gasteiger partial charge in [-0.2, -0.15) is 0 Å². The van der Waals surface area contributed by atoms with E-state index >= 15 is 0 Å². The van der Waals surface area contributed by atoms with Crippen molar-refractivity contribution in [2.75, 3.05) is 0 Å². The summed E-state index contributed by atoms with van der Waals surface area (Å²) in [7, 11) is 0. The zero-order chi connectivity index (χ0) is 8.59. The molecule has 1 N–H and O–H groups in total. The topological polar surface area (TPSA) is 46.2 Å². The Labute approximate surface area is 65.5 Å². The van der Waals surface area contributed by atoms with Gasteiger partial charge < -0.3 is 0 Å². The molecule has 0 aromatic carbocycles. The van der Waals surface area contributed by atoms with E-state index < -0.39 is 0 Å². The monoisotopic (exact) mass is 153 g/mol. The summed E-state index contributed by atoms with van der Waals surface area (Å²) >= 11 is 0. The van der Waals surface area contributed by atoms with Gasteiger partial charge in [-0.3, -0.25) is 14.9 Å². The molecule has 1 heterocycles. The molecular weight excluding hydrogens is 142 g/mol. The van der Waals surface area contributed by atoms with Crippen LogP contribution in [0.15, 0.2) is 11.1 Å². The lowest BCUT2D eigenvalue weighted by molar-refractivity contribution is -0.124. The SMILES string of the molecule is CC1=C(C(C)C)C(=O)NC1=O. The highest BCUT2D eigenvalue weighted by atomic mass is 16.2. The van der Waals surface area contributed by atoms with E-state index in [4.69, 9.17) is 0 Å². The molecule has 1 aliphatic rings. The van der Waals surface area contributed by atoms with Crippen LogP contribution in [-0.2, 0) is 9.59 Å². The van der Waals surface area contributed by atoms with Gasteiger partial charge in [0.1, 0.15) is 0 Å². The van der Waals surface area contributed by atoms with E-state index in [-0.39, 0.29) is 17.7 Å². The maximum atomic E-state index is 11.0. The van der Waals surface area contributed by atoms with Crippen molar-refractivity contribution in [3.8, 4) is 0 Å². The highest BCUT2D eigenvalue weighted by Gasteiger charge is 2.28. The number of imide groups is 1. The van der Waals surface area contributed by atoms with Gasteiger partial charge in [-0.15, -0.1) is 0 Å². The molecule has 0 spiro atoms. The Morgan fingerprint density at radius 2 is 1.73 bits per heavy atom. The summed E-state index contributed by atoms with van der Waals surface area (Å²) < 4.78 is 0. The van der Waals surface area contributed by atoms with Crippen molar-refractivity contribution in [3.05, 3.63) is 11.1 Å². The maximum Gasteiger partial charge on any atom is 0.254 e. The van der Waals surface area contributed by atoms with Crippen molar-refractivity contribution < 1.29 is 9.59 Å². The Kier molecular flexibility index (Phi) is 1.81. The lowest BCUT2D eigenvalue weighted by atomic mass is 10.0. The van der Waals surface area contributed by atoms with Gasteiger partial charge in [0.15, 0.2) is 0 Å². The van der Waals surface area contributed by atoms with E-state index in [0.29, 0.717) is 11.1 Å². The molecule has 0 atom stereocenters. The molecule has 2 amide bonds. The first kappa shape index (κ1) is 7.98. The van der Waals surface area contributed by atoms with Gasteiger partial charge in [0.25, 0.3) is 11.8 Å². The fourth-order valence-electron chi connectivity index (χ4n) is 1.25. The molecule has 3 nitrogen and oxygen atoms in total. The van der Waals surface area contributed by atoms with Gasteiger partial charge in [-0.25, -0.2) is 0 Å². The Balaban J connectivity index is 3.07. The van der Waals surface area contributed by atoms with E-state index in [1.54, 1.807) is 6.92 Å². The average Bonchev–Trinajstić information content (AvgIpc) is 2.07. The predicted octanol–water partition coefficient (Wildman–Crippen LogP) is 0.615. The normalized spacial score (nSPS) is 18.2. The number of hydrogen-bond acceptors (Lipinski definition) is 2. The van der Waals surface area contributed by atoms with Gasteiger partial charge in [-0.05, 0) is 12.8 Å². The first-order valence-electron chi connectivity index (χ1n) is 3.60. The number of amides is 2. The second-order valence-electron chi connectivity index (χ2n) is 2.98. The molecule has 0 aromatic rings. The molecule has 0 bridgehead atoms. The number of carbonyl (C=O) groups excluding carboxylic acids is 2. The van der Waals surface area contributed by atoms with E-state index in [0.717, 1.165) is 0 Å². The molecule has 1 rings (SSSR count). The highest BCUT2D eigenvalue weighted by molar-refractivity contribution is 6.19. The second kappa shape index (κ2) is 2.49. The van der Waals surface area contributed by atoms with Crippen LogP contribution in [-0.4, -0.2) is 11.8 Å². The fraction of sp³-hybridized carbons (Fsp3) is 0.500. The molecule has 0 aromatic heterocycles. The number of nitrogens with one attached hydrogen (secondary N) is 1. The average molecular weight is 153 g/mol. The van der Waals surface area contributed by atoms with Gasteiger partial charge in [0.05, 0.1) is 0 Å². The Bertz CT molecular complexity index is 251. The van der Waals surface area contributed by atoms with Gasteiger partial charge in [0.2, 0.25) is 0 Å². The lowest BCUT2D eigenvalue weighted by Crippen LogP contribution is -2.23. The summed E-state index contributed by atoms with van der Waals surface area (Å²) in [5.74, 6) is -0.359. The van der Waals surface area contributed by atoms with E-state index in [1.165, 1.54) is 0 Å². The van der Waals surface area contributed by atoms with Crippen molar-refractivity contribution >= 4 is 11.8 Å². The summed E-state index contributed by atoms with van der Waals surface area (Å²) in [6, 6.07) is 0. The fourth-order valence-corrected chi connectivity index (χ4v) is 1.25. The first-order chi connectivity index (χ1) is 5.04. The number of hydrogen-bond donors (Lipinski definition) is 1. The Morgan fingerprint density at radius 1 is 1.18 bits per heavy atom. The quantitative estimate of drug-likeness (QED) is 0.561. The smallest absolute Gasteiger partial charge is 0.254 e. The summed E-state index contributed by atoms with van der Waals surface area (Å²) in [6.45, 7) is 5.48. The van der Waals surface area contributed by atoms with Crippen molar-refractivity contribution in [2.24, 2.45) is 5.92 Å². The van der Waals surface area contributed by atoms with E-state index in [9.17, 15) is 9.59 Å². The van der Waals surface area contributed by atoms with Crippen LogP contribution in [0.25, 0.3) is 0 Å². The largest absolute Gasteiger partial charge is 0.289 e. The summed E-state index contributed by atoms with van der Waals surface area (Å²) in [4.78, 5) is 22.0. The third kappa shape index (κ3) is 1.18. The zero-order valence-corrected chi connectivity index (χ0v) is 6.89. The second-order valence-corrected chi connectivity index (χ2v) is 2.98. The molecule has 0 saturated heterocycles. The third-order valence-corrected chi connectivity index (χ3v) is 1.79. The van der Waals surface area contributed by atoms with Gasteiger partial charge in [-0.1, -0.05) is 13.8 Å². The van der Waals surface area contributed by atoms with Crippen molar-refractivity contribution in [3.63, 3.8) is 0 Å². The summed E-state index contributed by atoms with van der Waals surface area (Å²) in [5, 5.41) is 2.25. The molecule has 0 radical (unpaired) electrons. The van der Waals surface area contributed by atoms with Crippen molar-refractivity contribution in [1.82, 2.24) is 5.32 Å². The maximum absolute atomic E-state index is 11.0. The summed E-state index contributed by atoms with van der Waals surface area (Å²) in [6.07, 6.45) is 0. The number of carbonyl (C=O) groups is 2. The molecule has 0 aliphatic carbocycles. The lowest BCUT2D eigenvalue weighted by Gasteiger charge is -2.02. The van der Waals surface area contributed by atoms with Gasteiger partial charge in [0, 0.05) is 11.1 Å². The predicted molar refractivity (Wildman–Crippen MR) is 40.7 cm³/mol. The molecule has 60 valence electrons. The Hall–Kier alpha value is -1.12. The van der Waals surface area contributed by atoms with Crippen molar-refractivity contribution in [1.29, 1.82) is 0 Å². The van der Waals surface area contributed by atoms with Crippen LogP contribution in [0.4, 0.5) is 0 Å². The molecular formula is C8H11NO2. The van der Waals surface area contributed by atoms with Crippen LogP contribution >= 0.6 is 0 Å². The number of rotatable bonds is 1. The molecule has 0 fully saturated rings. The minimum absolute atomic E-state index is 0.126. The standard InChI is InChI=1S/C8H11NO2/c1-4(2)6-5(3)7(10)9-8(6)11/h4H,1-3H3,(H,9,10,11). The minimum Gasteiger partial charge on any atom is -0.289 e. The van der Waals surface area contributed by atoms with Crippen LogP contribution in [0.3, 0.4) is 0 Å². The van der Waals surface area contributed by atoms with Crippen LogP contribution in [0.1, 0.15) is 20.8 Å². The van der Waals surface area contributed by atoms with Crippen LogP contribution in [0, 0.1) is 5.92 Å². The minimum atomic E-state index is -0.251. The van der Waals surface area contributed by atoms with Crippen LogP contribution in [0.5, 0.6) is 0 Å². The Morgan fingerprint density at radius 3 is 1.91 bits per heavy atom. The first-order valence-corrected chi connectivity index (χ1v) is 3.60. The molecule has 3 heteroatoms. The third-order valence-electron chi connectivity index (χ3n) is 1.79. The van der Waals surface area contributed by atoms with E-state index in [2.05, 4.69) is 5.32 Å². The van der Waals surface area contributed by atoms with Gasteiger partial charge >= 0.3 is 0 Å². The zero-order valence-electron chi connectivity index (χ0n) is 6.89. The highest BCUT2D eigenvalue weighted by Crippen LogP contribution is 2.19. The molecule has 0 saturated carbocycles. The summed E-state index contributed by atoms with van der Waals surface area (Å²) in [5.41, 5.74) is 1.18. The molecule has 11 heavy (non-hydrogen) atoms. The van der Waals surface area contributed by atoms with Crippen LogP contribution < -0.4 is 5.32 Å². The molecule has 1 aliphatic heterocycles. The van der Waals surface area contributed by atoms with Crippen molar-refractivity contribution in [2.45, 2.75) is 20.8 Å². The molecule has 0 unspecified atom stereocenters. The van der Waals surface area contributed by atoms with Crippen LogP contribution in [0.2, 0.25) is 0 Å². The van der Waals surface area contributed by atoms with E-state index in [1.807, 2.05) is 13.8 Å².